The second-order valence-electron chi connectivity index (χ2n) is 7.55. The normalized spacial score (nSPS) is 20.0. The predicted molar refractivity (Wildman–Crippen MR) is 105 cm³/mol. The molecule has 0 radical (unpaired) electrons. The Hall–Kier alpha value is -2.89. The number of nitrogens with one attached hydrogen (secondary N) is 1. The molecule has 6 heteroatoms. The Morgan fingerprint density at radius 2 is 1.89 bits per heavy atom. The van der Waals surface area contributed by atoms with Gasteiger partial charge in [0.05, 0.1) is 0 Å². The topological polar surface area (TPSA) is 62.5 Å². The second-order valence-corrected chi connectivity index (χ2v) is 7.55. The summed E-state index contributed by atoms with van der Waals surface area (Å²) >= 11 is 0. The van der Waals surface area contributed by atoms with Crippen LogP contribution < -0.4 is 10.2 Å². The molecule has 3 heterocycles. The molecule has 2 aliphatic rings. The number of pyridine rings is 1. The molecule has 1 unspecified atom stereocenters. The molecule has 1 N–H and O–H groups in total. The minimum Gasteiger partial charge on any atom is -0.356 e. The third-order valence-electron chi connectivity index (χ3n) is 5.54. The van der Waals surface area contributed by atoms with Gasteiger partial charge in [-0.25, -0.2) is 0 Å². The van der Waals surface area contributed by atoms with Crippen LogP contribution in [0.15, 0.2) is 48.5 Å². The van der Waals surface area contributed by atoms with Crippen molar-refractivity contribution in [3.05, 3.63) is 54.1 Å². The smallest absolute Gasteiger partial charge is 0.249 e. The van der Waals surface area contributed by atoms with Crippen molar-refractivity contribution in [3.63, 3.8) is 0 Å². The lowest BCUT2D eigenvalue weighted by molar-refractivity contribution is -0.117. The quantitative estimate of drug-likeness (QED) is 0.773. The van der Waals surface area contributed by atoms with Gasteiger partial charge < -0.3 is 4.90 Å². The first-order valence-electron chi connectivity index (χ1n) is 9.74. The first-order chi connectivity index (χ1) is 13.3. The summed E-state index contributed by atoms with van der Waals surface area (Å²) in [6, 6.07) is 16.8. The molecule has 0 bridgehead atoms. The zero-order chi connectivity index (χ0) is 18.2. The largest absolute Gasteiger partial charge is 0.356 e. The number of piperidine rings is 1. The second kappa shape index (κ2) is 6.68. The molecule has 1 saturated carbocycles. The van der Waals surface area contributed by atoms with E-state index in [4.69, 9.17) is 0 Å². The number of rotatable bonds is 4. The van der Waals surface area contributed by atoms with Gasteiger partial charge in [0.15, 0.2) is 5.65 Å². The molecular formula is C21H23N5O. The highest BCUT2D eigenvalue weighted by Gasteiger charge is 2.30. The number of carbonyl (C=O) groups excluding carboxylic acids is 1. The maximum absolute atomic E-state index is 12.0. The van der Waals surface area contributed by atoms with Crippen LogP contribution in [0.1, 0.15) is 37.2 Å². The van der Waals surface area contributed by atoms with E-state index in [2.05, 4.69) is 56.7 Å². The van der Waals surface area contributed by atoms with Crippen LogP contribution in [-0.4, -0.2) is 33.6 Å². The van der Waals surface area contributed by atoms with Crippen LogP contribution in [0.5, 0.6) is 0 Å². The number of nitrogens with zero attached hydrogens (tertiary/aromatic N) is 4. The summed E-state index contributed by atoms with van der Waals surface area (Å²) in [5.41, 5.74) is 2.16. The van der Waals surface area contributed by atoms with E-state index < -0.39 is 0 Å². The maximum Gasteiger partial charge on any atom is 0.249 e. The number of fused-ring (bicyclic) bond motifs is 1. The molecule has 1 aliphatic carbocycles. The van der Waals surface area contributed by atoms with Crippen molar-refractivity contribution >= 4 is 23.3 Å². The molecule has 2 fully saturated rings. The Kier molecular flexibility index (Phi) is 4.03. The van der Waals surface area contributed by atoms with Crippen molar-refractivity contribution in [3.8, 4) is 0 Å². The van der Waals surface area contributed by atoms with Crippen molar-refractivity contribution < 1.29 is 4.79 Å². The monoisotopic (exact) mass is 361 g/mol. The summed E-state index contributed by atoms with van der Waals surface area (Å²) < 4.78 is 1.86. The molecule has 6 nitrogen and oxygen atoms in total. The van der Waals surface area contributed by atoms with Gasteiger partial charge in [-0.1, -0.05) is 36.4 Å². The molecule has 138 valence electrons. The van der Waals surface area contributed by atoms with Gasteiger partial charge in [0.1, 0.15) is 5.82 Å². The average molecular weight is 361 g/mol. The summed E-state index contributed by atoms with van der Waals surface area (Å²) in [5, 5.41) is 7.43. The lowest BCUT2D eigenvalue weighted by atomic mass is 9.91. The highest BCUT2D eigenvalue weighted by molar-refractivity contribution is 5.92. The summed E-state index contributed by atoms with van der Waals surface area (Å²) in [6.07, 6.45) is 4.30. The van der Waals surface area contributed by atoms with Crippen molar-refractivity contribution in [2.24, 2.45) is 5.92 Å². The van der Waals surface area contributed by atoms with Crippen LogP contribution in [-0.2, 0) is 4.79 Å². The van der Waals surface area contributed by atoms with E-state index in [-0.39, 0.29) is 11.8 Å². The molecule has 5 rings (SSSR count). The number of hydrogen-bond acceptors (Lipinski definition) is 4. The molecule has 3 aromatic rings. The van der Waals surface area contributed by atoms with Crippen LogP contribution in [0.3, 0.4) is 0 Å². The molecule has 1 amide bonds. The Morgan fingerprint density at radius 1 is 1.04 bits per heavy atom. The predicted octanol–water partition coefficient (Wildman–Crippen LogP) is 3.46. The van der Waals surface area contributed by atoms with Crippen LogP contribution in [0.4, 0.5) is 11.8 Å². The molecule has 27 heavy (non-hydrogen) atoms. The molecule has 0 spiro atoms. The third-order valence-corrected chi connectivity index (χ3v) is 5.54. The third kappa shape index (κ3) is 3.27. The highest BCUT2D eigenvalue weighted by atomic mass is 16.2. The average Bonchev–Trinajstić information content (AvgIpc) is 3.49. The number of benzene rings is 1. The SMILES string of the molecule is O=C(Nc1nc2cccc(N3CCCC(c4ccccc4)C3)n2n1)C1CC1. The van der Waals surface area contributed by atoms with E-state index in [0.717, 1.165) is 43.8 Å². The van der Waals surface area contributed by atoms with E-state index in [1.54, 1.807) is 0 Å². The Balaban J connectivity index is 1.41. The lowest BCUT2D eigenvalue weighted by Gasteiger charge is -2.34. The fourth-order valence-electron chi connectivity index (χ4n) is 3.92. The minimum absolute atomic E-state index is 0.0366. The molecular weight excluding hydrogens is 338 g/mol. The number of hydrogen-bond donors (Lipinski definition) is 1. The molecule has 2 aromatic heterocycles. The lowest BCUT2D eigenvalue weighted by Crippen LogP contribution is -2.35. The first kappa shape index (κ1) is 16.3. The van der Waals surface area contributed by atoms with Gasteiger partial charge in [-0.15, -0.1) is 5.10 Å². The fraction of sp³-hybridized carbons (Fsp3) is 0.381. The summed E-state index contributed by atoms with van der Waals surface area (Å²) in [7, 11) is 0. The van der Waals surface area contributed by atoms with Gasteiger partial charge >= 0.3 is 0 Å². The molecule has 1 atom stereocenters. The summed E-state index contributed by atoms with van der Waals surface area (Å²) in [5.74, 6) is 2.13. The number of aromatic nitrogens is 3. The van der Waals surface area contributed by atoms with Crippen LogP contribution in [0.25, 0.3) is 5.65 Å². The Labute approximate surface area is 158 Å². The van der Waals surface area contributed by atoms with Crippen LogP contribution in [0.2, 0.25) is 0 Å². The number of amides is 1. The molecule has 1 saturated heterocycles. The number of anilines is 2. The summed E-state index contributed by atoms with van der Waals surface area (Å²) in [6.45, 7) is 1.97. The van der Waals surface area contributed by atoms with Crippen LogP contribution in [0, 0.1) is 5.92 Å². The Morgan fingerprint density at radius 3 is 2.70 bits per heavy atom. The van der Waals surface area contributed by atoms with Gasteiger partial charge in [0.2, 0.25) is 11.9 Å². The van der Waals surface area contributed by atoms with Crippen molar-refractivity contribution in [1.29, 1.82) is 0 Å². The number of carbonyl (C=O) groups is 1. The van der Waals surface area contributed by atoms with E-state index in [0.29, 0.717) is 11.9 Å². The fourth-order valence-corrected chi connectivity index (χ4v) is 3.92. The zero-order valence-electron chi connectivity index (χ0n) is 15.2. The zero-order valence-corrected chi connectivity index (χ0v) is 15.2. The van der Waals surface area contributed by atoms with Gasteiger partial charge in [-0.2, -0.15) is 9.50 Å². The Bertz CT molecular complexity index is 963. The highest BCUT2D eigenvalue weighted by Crippen LogP contribution is 2.31. The first-order valence-corrected chi connectivity index (χ1v) is 9.74. The van der Waals surface area contributed by atoms with Gasteiger partial charge in [-0.05, 0) is 43.4 Å². The van der Waals surface area contributed by atoms with Gasteiger partial charge in [0.25, 0.3) is 0 Å². The van der Waals surface area contributed by atoms with Crippen molar-refractivity contribution in [1.82, 2.24) is 14.6 Å². The van der Waals surface area contributed by atoms with Gasteiger partial charge in [-0.3, -0.25) is 10.1 Å². The van der Waals surface area contributed by atoms with E-state index in [9.17, 15) is 4.79 Å². The molecule has 1 aliphatic heterocycles. The van der Waals surface area contributed by atoms with E-state index in [1.807, 2.05) is 16.6 Å². The van der Waals surface area contributed by atoms with Gasteiger partial charge in [0, 0.05) is 24.9 Å². The van der Waals surface area contributed by atoms with Crippen molar-refractivity contribution in [2.75, 3.05) is 23.3 Å². The van der Waals surface area contributed by atoms with E-state index >= 15 is 0 Å². The maximum atomic E-state index is 12.0. The standard InChI is InChI=1S/C21H23N5O/c27-20(16-11-12-16)23-21-22-18-9-4-10-19(26(18)24-21)25-13-5-8-17(14-25)15-6-2-1-3-7-15/h1-4,6-7,9-10,16-17H,5,8,11-14H2,(H,23,24,27). The summed E-state index contributed by atoms with van der Waals surface area (Å²) in [4.78, 5) is 18.9. The minimum atomic E-state index is 0.0366. The van der Waals surface area contributed by atoms with Crippen molar-refractivity contribution in [2.45, 2.75) is 31.6 Å². The molecule has 1 aromatic carbocycles. The van der Waals surface area contributed by atoms with E-state index in [1.165, 1.54) is 12.0 Å². The van der Waals surface area contributed by atoms with Crippen LogP contribution >= 0.6 is 0 Å².